The first-order chi connectivity index (χ1) is 16.7. The van der Waals surface area contributed by atoms with Gasteiger partial charge in [-0.3, -0.25) is 9.78 Å². The molecule has 1 aliphatic rings. The summed E-state index contributed by atoms with van der Waals surface area (Å²) in [5.41, 5.74) is 0.634. The number of esters is 1. The monoisotopic (exact) mass is 555 g/mol. The highest BCUT2D eigenvalue weighted by Crippen LogP contribution is 2.37. The van der Waals surface area contributed by atoms with Crippen LogP contribution in [0.5, 0.6) is 11.5 Å². The smallest absolute Gasteiger partial charge is 0.491 e. The molecule has 1 aromatic heterocycles. The van der Waals surface area contributed by atoms with Crippen LogP contribution in [-0.4, -0.2) is 53.7 Å². The van der Waals surface area contributed by atoms with Gasteiger partial charge >= 0.3 is 12.1 Å². The predicted molar refractivity (Wildman–Crippen MR) is 128 cm³/mol. The molecule has 1 amide bonds. The predicted octanol–water partition coefficient (Wildman–Crippen LogP) is 5.37. The van der Waals surface area contributed by atoms with Crippen molar-refractivity contribution in [3.05, 3.63) is 59.4 Å². The van der Waals surface area contributed by atoms with Gasteiger partial charge in [-0.1, -0.05) is 18.9 Å². The Labute approximate surface area is 209 Å². The highest BCUT2D eigenvalue weighted by molar-refractivity contribution is 9.10. The number of alkyl halides is 3. The number of nitrogens with zero attached hydrogens (tertiary/aromatic N) is 2. The molecule has 0 spiro atoms. The lowest BCUT2D eigenvalue weighted by atomic mass is 10.1. The Morgan fingerprint density at radius 2 is 1.91 bits per heavy atom. The van der Waals surface area contributed by atoms with Crippen LogP contribution in [0.15, 0.2) is 53.8 Å². The Morgan fingerprint density at radius 1 is 1.23 bits per heavy atom. The molecule has 1 aromatic carbocycles. The number of pyridine rings is 1. The summed E-state index contributed by atoms with van der Waals surface area (Å²) in [7, 11) is 0. The minimum absolute atomic E-state index is 0.0111. The fourth-order valence-corrected chi connectivity index (χ4v) is 4.33. The third kappa shape index (κ3) is 7.20. The first-order valence-electron chi connectivity index (χ1n) is 11.0. The molecule has 0 aliphatic heterocycles. The van der Waals surface area contributed by atoms with E-state index in [-0.39, 0.29) is 35.0 Å². The highest BCUT2D eigenvalue weighted by atomic mass is 79.9. The normalized spacial score (nSPS) is 13.8. The molecule has 1 saturated carbocycles. The molecule has 3 rings (SSSR count). The minimum atomic E-state index is -5.22. The number of halogens is 4. The molecule has 0 saturated heterocycles. The van der Waals surface area contributed by atoms with Gasteiger partial charge in [-0.25, -0.2) is 4.79 Å². The second kappa shape index (κ2) is 12.1. The van der Waals surface area contributed by atoms with Gasteiger partial charge in [0.2, 0.25) is 0 Å². The fraction of sp³-hybridized carbons (Fsp3) is 0.375. The molecular weight excluding hydrogens is 531 g/mol. The van der Waals surface area contributed by atoms with Crippen LogP contribution in [0.25, 0.3) is 0 Å². The van der Waals surface area contributed by atoms with Crippen LogP contribution in [0.4, 0.5) is 18.9 Å². The van der Waals surface area contributed by atoms with Crippen molar-refractivity contribution in [3.63, 3.8) is 0 Å². The van der Waals surface area contributed by atoms with Crippen molar-refractivity contribution in [2.75, 3.05) is 25.0 Å². The number of carbonyl (C=O) groups excluding carboxylic acids is 2. The van der Waals surface area contributed by atoms with Crippen LogP contribution >= 0.6 is 15.9 Å². The van der Waals surface area contributed by atoms with Crippen molar-refractivity contribution in [2.45, 2.75) is 37.9 Å². The van der Waals surface area contributed by atoms with E-state index in [1.165, 1.54) is 12.1 Å². The number of hydrogen-bond acceptors (Lipinski definition) is 6. The summed E-state index contributed by atoms with van der Waals surface area (Å²) < 4.78 is 49.1. The van der Waals surface area contributed by atoms with Gasteiger partial charge in [0.25, 0.3) is 5.91 Å². The minimum Gasteiger partial charge on any atom is -0.492 e. The van der Waals surface area contributed by atoms with Gasteiger partial charge < -0.3 is 19.7 Å². The molecule has 0 radical (unpaired) electrons. The van der Waals surface area contributed by atoms with Crippen molar-refractivity contribution in [1.82, 2.24) is 9.88 Å². The first-order valence-corrected chi connectivity index (χ1v) is 11.8. The molecule has 35 heavy (non-hydrogen) atoms. The van der Waals surface area contributed by atoms with E-state index in [0.717, 1.165) is 31.4 Å². The Kier molecular flexibility index (Phi) is 9.13. The SMILES string of the molecule is C=CCN(C(=O)c1cc(OCCNc2ccncc2)cc(Br)c1OC(=O)C(F)(F)F)C1CCCC1. The van der Waals surface area contributed by atoms with E-state index < -0.39 is 23.8 Å². The lowest BCUT2D eigenvalue weighted by Gasteiger charge is -2.29. The Hall–Kier alpha value is -3.08. The summed E-state index contributed by atoms with van der Waals surface area (Å²) in [6, 6.07) is 6.14. The zero-order chi connectivity index (χ0) is 25.4. The largest absolute Gasteiger partial charge is 0.492 e. The first kappa shape index (κ1) is 26.5. The maximum Gasteiger partial charge on any atom is 0.491 e. The Balaban J connectivity index is 1.85. The fourth-order valence-electron chi connectivity index (χ4n) is 3.81. The maximum atomic E-state index is 13.5. The number of rotatable bonds is 10. The number of benzene rings is 1. The van der Waals surface area contributed by atoms with Crippen molar-refractivity contribution in [3.8, 4) is 11.5 Å². The van der Waals surface area contributed by atoms with Gasteiger partial charge in [-0.05, 0) is 53.0 Å². The van der Waals surface area contributed by atoms with Crippen LogP contribution in [0.2, 0.25) is 0 Å². The number of ether oxygens (including phenoxy) is 2. The lowest BCUT2D eigenvalue weighted by molar-refractivity contribution is -0.189. The van der Waals surface area contributed by atoms with Gasteiger partial charge in [0.05, 0.1) is 10.0 Å². The Morgan fingerprint density at radius 3 is 2.54 bits per heavy atom. The van der Waals surface area contributed by atoms with Gasteiger partial charge in [0.1, 0.15) is 12.4 Å². The van der Waals surface area contributed by atoms with E-state index >= 15 is 0 Å². The lowest BCUT2D eigenvalue weighted by Crippen LogP contribution is -2.39. The van der Waals surface area contributed by atoms with E-state index in [2.05, 4.69) is 37.5 Å². The van der Waals surface area contributed by atoms with E-state index in [4.69, 9.17) is 4.74 Å². The third-order valence-electron chi connectivity index (χ3n) is 5.41. The summed E-state index contributed by atoms with van der Waals surface area (Å²) in [6.45, 7) is 4.51. The van der Waals surface area contributed by atoms with E-state index in [0.29, 0.717) is 6.54 Å². The number of anilines is 1. The van der Waals surface area contributed by atoms with E-state index in [1.807, 2.05) is 0 Å². The molecule has 0 unspecified atom stereocenters. The second-order valence-corrected chi connectivity index (χ2v) is 8.72. The highest BCUT2D eigenvalue weighted by Gasteiger charge is 2.42. The zero-order valence-electron chi connectivity index (χ0n) is 18.8. The van der Waals surface area contributed by atoms with Crippen LogP contribution in [0.3, 0.4) is 0 Å². The van der Waals surface area contributed by atoms with Gasteiger partial charge in [0, 0.05) is 37.2 Å². The van der Waals surface area contributed by atoms with Gasteiger partial charge in [-0.2, -0.15) is 13.2 Å². The van der Waals surface area contributed by atoms with Crippen LogP contribution in [0, 0.1) is 0 Å². The molecule has 11 heteroatoms. The molecule has 7 nitrogen and oxygen atoms in total. The molecule has 2 aromatic rings. The summed E-state index contributed by atoms with van der Waals surface area (Å²) >= 11 is 3.14. The number of aromatic nitrogens is 1. The maximum absolute atomic E-state index is 13.5. The standard InChI is InChI=1S/C24H25BrF3N3O4/c1-2-12-31(17-5-3-4-6-17)22(32)19-14-18(34-13-11-30-16-7-9-29-10-8-16)15-20(25)21(19)35-23(33)24(26,27)28/h2,7-10,14-15,17H,1,3-6,11-13H2,(H,29,30). The van der Waals surface area contributed by atoms with Crippen molar-refractivity contribution >= 4 is 33.5 Å². The second-order valence-electron chi connectivity index (χ2n) is 7.86. The van der Waals surface area contributed by atoms with Crippen LogP contribution in [0.1, 0.15) is 36.0 Å². The average molecular weight is 556 g/mol. The van der Waals surface area contributed by atoms with Crippen molar-refractivity contribution in [1.29, 1.82) is 0 Å². The van der Waals surface area contributed by atoms with Crippen molar-refractivity contribution in [2.24, 2.45) is 0 Å². The number of amides is 1. The number of carbonyl (C=O) groups is 2. The number of nitrogens with one attached hydrogen (secondary N) is 1. The molecule has 0 atom stereocenters. The Bertz CT molecular complexity index is 1040. The van der Waals surface area contributed by atoms with Crippen molar-refractivity contribution < 1.29 is 32.2 Å². The van der Waals surface area contributed by atoms with Gasteiger partial charge in [-0.15, -0.1) is 6.58 Å². The molecule has 1 fully saturated rings. The topological polar surface area (TPSA) is 80.8 Å². The quantitative estimate of drug-likeness (QED) is 0.183. The summed E-state index contributed by atoms with van der Waals surface area (Å²) in [6.07, 6.45) is 3.04. The molecule has 1 N–H and O–H groups in total. The summed E-state index contributed by atoms with van der Waals surface area (Å²) in [5.74, 6) is -3.26. The molecule has 1 aliphatic carbocycles. The average Bonchev–Trinajstić information content (AvgIpc) is 3.36. The number of hydrogen-bond donors (Lipinski definition) is 1. The molecule has 188 valence electrons. The van der Waals surface area contributed by atoms with E-state index in [9.17, 15) is 22.8 Å². The third-order valence-corrected chi connectivity index (χ3v) is 6.00. The van der Waals surface area contributed by atoms with Gasteiger partial charge in [0.15, 0.2) is 5.75 Å². The molecule has 0 bridgehead atoms. The molecular formula is C24H25BrF3N3O4. The molecule has 1 heterocycles. The zero-order valence-corrected chi connectivity index (χ0v) is 20.4. The van der Waals surface area contributed by atoms with Crippen LogP contribution in [-0.2, 0) is 4.79 Å². The van der Waals surface area contributed by atoms with Crippen LogP contribution < -0.4 is 14.8 Å². The summed E-state index contributed by atoms with van der Waals surface area (Å²) in [4.78, 5) is 30.6. The summed E-state index contributed by atoms with van der Waals surface area (Å²) in [5, 5.41) is 3.14. The van der Waals surface area contributed by atoms with E-state index in [1.54, 1.807) is 35.5 Å².